The molecule has 0 saturated heterocycles. The molecular weight excluding hydrogens is 372 g/mol. The summed E-state index contributed by atoms with van der Waals surface area (Å²) in [5.41, 5.74) is 1.85. The summed E-state index contributed by atoms with van der Waals surface area (Å²) in [5.74, 6) is 0.718. The number of thioether (sulfide) groups is 1. The van der Waals surface area contributed by atoms with Crippen LogP contribution in [0.15, 0.2) is 47.7 Å². The summed E-state index contributed by atoms with van der Waals surface area (Å²) >= 11 is 1.95. The van der Waals surface area contributed by atoms with Crippen LogP contribution in [0, 0.1) is 0 Å². The molecule has 2 aromatic rings. The van der Waals surface area contributed by atoms with E-state index in [2.05, 4.69) is 32.3 Å². The van der Waals surface area contributed by atoms with Crippen LogP contribution in [0.25, 0.3) is 0 Å². The van der Waals surface area contributed by atoms with Gasteiger partial charge in [-0.1, -0.05) is 12.1 Å². The fourth-order valence-electron chi connectivity index (χ4n) is 3.36. The molecule has 1 aromatic carbocycles. The largest absolute Gasteiger partial charge is 0.354 e. The number of guanidine groups is 1. The molecule has 1 saturated carbocycles. The molecule has 1 aromatic heterocycles. The number of benzene rings is 1. The van der Waals surface area contributed by atoms with Crippen molar-refractivity contribution < 1.29 is 4.79 Å². The van der Waals surface area contributed by atoms with Gasteiger partial charge in [-0.3, -0.25) is 14.5 Å². The molecule has 0 aliphatic heterocycles. The summed E-state index contributed by atoms with van der Waals surface area (Å²) in [5, 5.41) is 14.6. The molecule has 1 aliphatic rings. The molecule has 0 bridgehead atoms. The Balaban J connectivity index is 1.48. The molecule has 7 nitrogen and oxygen atoms in total. The summed E-state index contributed by atoms with van der Waals surface area (Å²) in [6.07, 6.45) is 9.23. The number of aliphatic imine (C=N–C) groups is 1. The van der Waals surface area contributed by atoms with Crippen LogP contribution in [-0.4, -0.2) is 46.2 Å². The minimum absolute atomic E-state index is 0.101. The number of nitrogens with zero attached hydrogens (tertiary/aromatic N) is 3. The second kappa shape index (κ2) is 10.2. The number of amides is 1. The quantitative estimate of drug-likeness (QED) is 0.491. The first-order valence-electron chi connectivity index (χ1n) is 9.52. The van der Waals surface area contributed by atoms with Crippen LogP contribution in [0.2, 0.25) is 0 Å². The smallest absolute Gasteiger partial charge is 0.246 e. The highest BCUT2D eigenvalue weighted by Gasteiger charge is 2.24. The average molecular weight is 401 g/mol. The number of hydrogen-bond donors (Lipinski definition) is 3. The zero-order chi connectivity index (χ0) is 19.8. The lowest BCUT2D eigenvalue weighted by atomic mass is 10.2. The number of rotatable bonds is 7. The van der Waals surface area contributed by atoms with E-state index in [1.807, 2.05) is 36.0 Å². The van der Waals surface area contributed by atoms with Crippen LogP contribution < -0.4 is 16.0 Å². The third kappa shape index (κ3) is 6.02. The number of carbonyl (C=O) groups is 1. The summed E-state index contributed by atoms with van der Waals surface area (Å²) in [6.45, 7) is 0.839. The van der Waals surface area contributed by atoms with E-state index in [-0.39, 0.29) is 12.5 Å². The van der Waals surface area contributed by atoms with Gasteiger partial charge in [0.15, 0.2) is 5.96 Å². The van der Waals surface area contributed by atoms with Gasteiger partial charge in [-0.15, -0.1) is 0 Å². The number of carbonyl (C=O) groups excluding carboxylic acids is 1. The van der Waals surface area contributed by atoms with Crippen LogP contribution in [-0.2, 0) is 17.9 Å². The lowest BCUT2D eigenvalue weighted by Gasteiger charge is -2.17. The van der Waals surface area contributed by atoms with Gasteiger partial charge in [-0.25, -0.2) is 0 Å². The predicted molar refractivity (Wildman–Crippen MR) is 116 cm³/mol. The maximum atomic E-state index is 12.1. The molecule has 28 heavy (non-hydrogen) atoms. The highest BCUT2D eigenvalue weighted by Crippen LogP contribution is 2.28. The van der Waals surface area contributed by atoms with E-state index in [1.165, 1.54) is 19.3 Å². The van der Waals surface area contributed by atoms with E-state index < -0.39 is 0 Å². The standard InChI is InChI=1S/C20H28N6OS/c1-21-20(25-17-7-8-18(12-17)28-2)22-13-15-5-3-6-16(11-15)24-19(27)14-26-10-4-9-23-26/h3-6,9-11,17-18H,7-8,12-14H2,1-2H3,(H,24,27)(H2,21,22,25). The van der Waals surface area contributed by atoms with Gasteiger partial charge in [0.05, 0.1) is 0 Å². The SMILES string of the molecule is CN=C(NCc1cccc(NC(=O)Cn2cccn2)c1)NC1CCC(SC)C1. The van der Waals surface area contributed by atoms with Crippen molar-refractivity contribution in [1.82, 2.24) is 20.4 Å². The van der Waals surface area contributed by atoms with Gasteiger partial charge in [-0.05, 0) is 49.3 Å². The first-order valence-corrected chi connectivity index (χ1v) is 10.8. The third-order valence-corrected chi connectivity index (χ3v) is 5.91. The molecule has 3 rings (SSSR count). The summed E-state index contributed by atoms with van der Waals surface area (Å²) < 4.78 is 1.60. The van der Waals surface area contributed by atoms with Crippen molar-refractivity contribution in [3.8, 4) is 0 Å². The van der Waals surface area contributed by atoms with Crippen LogP contribution >= 0.6 is 11.8 Å². The van der Waals surface area contributed by atoms with Crippen molar-refractivity contribution in [2.24, 2.45) is 4.99 Å². The second-order valence-corrected chi connectivity index (χ2v) is 8.03. The topological polar surface area (TPSA) is 83.3 Å². The molecule has 3 N–H and O–H groups in total. The monoisotopic (exact) mass is 400 g/mol. The Morgan fingerprint density at radius 3 is 2.96 bits per heavy atom. The first-order chi connectivity index (χ1) is 13.7. The van der Waals surface area contributed by atoms with Gasteiger partial charge < -0.3 is 16.0 Å². The van der Waals surface area contributed by atoms with E-state index in [0.717, 1.165) is 22.5 Å². The lowest BCUT2D eigenvalue weighted by Crippen LogP contribution is -2.42. The fraction of sp³-hybridized carbons (Fsp3) is 0.450. The van der Waals surface area contributed by atoms with Crippen LogP contribution in [0.4, 0.5) is 5.69 Å². The molecule has 2 unspecified atom stereocenters. The van der Waals surface area contributed by atoms with Crippen LogP contribution in [0.5, 0.6) is 0 Å². The molecule has 0 radical (unpaired) electrons. The molecule has 1 heterocycles. The van der Waals surface area contributed by atoms with Gasteiger partial charge >= 0.3 is 0 Å². The second-order valence-electron chi connectivity index (χ2n) is 6.89. The normalized spacial score (nSPS) is 19.4. The minimum Gasteiger partial charge on any atom is -0.354 e. The number of hydrogen-bond acceptors (Lipinski definition) is 4. The number of nitrogens with one attached hydrogen (secondary N) is 3. The Labute approximate surface area is 170 Å². The summed E-state index contributed by atoms with van der Waals surface area (Å²) in [7, 11) is 1.79. The average Bonchev–Trinajstić information content (AvgIpc) is 3.37. The maximum absolute atomic E-state index is 12.1. The fourth-order valence-corrected chi connectivity index (χ4v) is 4.16. The van der Waals surface area contributed by atoms with Crippen LogP contribution in [0.3, 0.4) is 0 Å². The molecule has 1 amide bonds. The van der Waals surface area contributed by atoms with Gasteiger partial charge in [0.2, 0.25) is 5.91 Å². The number of aromatic nitrogens is 2. The minimum atomic E-state index is -0.101. The molecule has 1 aliphatic carbocycles. The van der Waals surface area contributed by atoms with Crippen molar-refractivity contribution in [3.63, 3.8) is 0 Å². The van der Waals surface area contributed by atoms with E-state index in [9.17, 15) is 4.79 Å². The van der Waals surface area contributed by atoms with Gasteiger partial charge in [0.25, 0.3) is 0 Å². The Hall–Kier alpha value is -2.48. The van der Waals surface area contributed by atoms with E-state index >= 15 is 0 Å². The molecule has 2 atom stereocenters. The number of anilines is 1. The van der Waals surface area contributed by atoms with Crippen molar-refractivity contribution in [3.05, 3.63) is 48.3 Å². The Morgan fingerprint density at radius 2 is 2.25 bits per heavy atom. The van der Waals surface area contributed by atoms with Crippen molar-refractivity contribution in [1.29, 1.82) is 0 Å². The van der Waals surface area contributed by atoms with Crippen molar-refractivity contribution >= 4 is 29.3 Å². The lowest BCUT2D eigenvalue weighted by molar-refractivity contribution is -0.116. The Bertz CT molecular complexity index is 792. The molecule has 0 spiro atoms. The maximum Gasteiger partial charge on any atom is 0.246 e. The zero-order valence-electron chi connectivity index (χ0n) is 16.4. The summed E-state index contributed by atoms with van der Waals surface area (Å²) in [4.78, 5) is 16.5. The molecule has 8 heteroatoms. The zero-order valence-corrected chi connectivity index (χ0v) is 17.2. The molecule has 150 valence electrons. The Morgan fingerprint density at radius 1 is 1.36 bits per heavy atom. The van der Waals surface area contributed by atoms with E-state index in [1.54, 1.807) is 30.2 Å². The molecule has 1 fully saturated rings. The first kappa shape index (κ1) is 20.3. The predicted octanol–water partition coefficient (Wildman–Crippen LogP) is 2.47. The van der Waals surface area contributed by atoms with Gasteiger partial charge in [0.1, 0.15) is 6.54 Å². The summed E-state index contributed by atoms with van der Waals surface area (Å²) in [6, 6.07) is 10.1. The van der Waals surface area contributed by atoms with E-state index in [4.69, 9.17) is 0 Å². The third-order valence-electron chi connectivity index (χ3n) is 4.82. The Kier molecular flexibility index (Phi) is 7.36. The van der Waals surface area contributed by atoms with Crippen LogP contribution in [0.1, 0.15) is 24.8 Å². The van der Waals surface area contributed by atoms with Crippen molar-refractivity contribution in [2.75, 3.05) is 18.6 Å². The van der Waals surface area contributed by atoms with E-state index in [0.29, 0.717) is 12.6 Å². The van der Waals surface area contributed by atoms with Crippen molar-refractivity contribution in [2.45, 2.75) is 43.6 Å². The molecular formula is C20H28N6OS. The highest BCUT2D eigenvalue weighted by molar-refractivity contribution is 7.99. The highest BCUT2D eigenvalue weighted by atomic mass is 32.2. The van der Waals surface area contributed by atoms with Gasteiger partial charge in [-0.2, -0.15) is 16.9 Å². The van der Waals surface area contributed by atoms with Gasteiger partial charge in [0, 0.05) is 43.0 Å².